The number of hydrogen-bond donors (Lipinski definition) is 1. The number of hydrogen-bond acceptors (Lipinski definition) is 2. The third-order valence-corrected chi connectivity index (χ3v) is 6.07. The third kappa shape index (κ3) is 5.75. The van der Waals surface area contributed by atoms with Crippen LogP contribution in [0, 0.1) is 27.2 Å². The van der Waals surface area contributed by atoms with Crippen molar-refractivity contribution in [1.29, 1.82) is 0 Å². The maximum absolute atomic E-state index is 13.4. The molecule has 2 amide bonds. The zero-order chi connectivity index (χ0) is 20.1. The van der Waals surface area contributed by atoms with Crippen molar-refractivity contribution in [2.45, 2.75) is 51.4 Å². The number of rotatable bonds is 3. The minimum atomic E-state index is -0.0425. The van der Waals surface area contributed by atoms with Crippen LogP contribution in [0.1, 0.15) is 60.9 Å². The maximum Gasteiger partial charge on any atom is 0.260 e. The molecule has 1 unspecified atom stereocenters. The van der Waals surface area contributed by atoms with Gasteiger partial charge in [0.15, 0.2) is 0 Å². The Morgan fingerprint density at radius 2 is 1.65 bits per heavy atom. The van der Waals surface area contributed by atoms with E-state index in [2.05, 4.69) is 17.8 Å². The molecule has 1 atom stereocenters. The largest absolute Gasteiger partial charge is 0.325 e. The smallest absolute Gasteiger partial charge is 0.260 e. The molecule has 2 aromatic rings. The van der Waals surface area contributed by atoms with Gasteiger partial charge in [-0.2, -0.15) is 0 Å². The molecule has 1 heterocycles. The zero-order valence-corrected chi connectivity index (χ0v) is 18.3. The monoisotopic (exact) mass is 417 g/mol. The average molecular weight is 418 g/mol. The van der Waals surface area contributed by atoms with Gasteiger partial charge in [0.2, 0.25) is 5.91 Å². The standard InChI is InChI=1S/C25H29N2O2.2CH2/c28-24(20-12-4-2-1-3-5-13-20)26-22-16-8-7-15-21(22)25(29)27-18-10-14-19-11-6-9-17-23(19)27;;/h2,6-9,11,15-17,20H,1,3-5,10,12-14,18H2,(H,26,28);2*1H2. The van der Waals surface area contributed by atoms with Crippen LogP contribution in [-0.2, 0) is 11.2 Å². The van der Waals surface area contributed by atoms with Crippen LogP contribution in [0.3, 0.4) is 0 Å². The van der Waals surface area contributed by atoms with E-state index in [1.807, 2.05) is 47.4 Å². The molecule has 2 aliphatic rings. The lowest BCUT2D eigenvalue weighted by atomic mass is 9.90. The van der Waals surface area contributed by atoms with Crippen LogP contribution >= 0.6 is 0 Å². The SMILES string of the molecule is O=C(Nc1ccccc1C(=O)N1CCCc2ccccc21)C1CC[CH]CCCC1.[CH2].[CH2]. The van der Waals surface area contributed by atoms with E-state index in [-0.39, 0.29) is 32.6 Å². The first kappa shape index (κ1) is 24.6. The highest BCUT2D eigenvalue weighted by atomic mass is 16.2. The van der Waals surface area contributed by atoms with Crippen LogP contribution in [0.2, 0.25) is 0 Å². The third-order valence-electron chi connectivity index (χ3n) is 6.07. The van der Waals surface area contributed by atoms with Gasteiger partial charge < -0.3 is 10.2 Å². The molecule has 31 heavy (non-hydrogen) atoms. The molecular formula is C27H33N2O2. The summed E-state index contributed by atoms with van der Waals surface area (Å²) in [5, 5.41) is 3.07. The van der Waals surface area contributed by atoms with Crippen LogP contribution < -0.4 is 10.2 Å². The van der Waals surface area contributed by atoms with E-state index in [4.69, 9.17) is 0 Å². The Bertz CT molecular complexity index is 869. The number of nitrogens with one attached hydrogen (secondary N) is 1. The average Bonchev–Trinajstić information content (AvgIpc) is 2.73. The van der Waals surface area contributed by atoms with Gasteiger partial charge in [-0.3, -0.25) is 9.59 Å². The van der Waals surface area contributed by atoms with E-state index in [1.165, 1.54) is 5.56 Å². The normalized spacial score (nSPS) is 16.6. The van der Waals surface area contributed by atoms with Crippen LogP contribution in [0.15, 0.2) is 48.5 Å². The van der Waals surface area contributed by atoms with Crippen molar-refractivity contribution in [2.24, 2.45) is 5.92 Å². The van der Waals surface area contributed by atoms with Gasteiger partial charge in [-0.05, 0) is 62.3 Å². The molecule has 1 aliphatic carbocycles. The highest BCUT2D eigenvalue weighted by Gasteiger charge is 2.26. The van der Waals surface area contributed by atoms with Gasteiger partial charge in [0.1, 0.15) is 0 Å². The number of amides is 2. The van der Waals surface area contributed by atoms with Gasteiger partial charge >= 0.3 is 0 Å². The lowest BCUT2D eigenvalue weighted by molar-refractivity contribution is -0.120. The van der Waals surface area contributed by atoms with Crippen LogP contribution in [0.5, 0.6) is 0 Å². The molecule has 1 N–H and O–H groups in total. The molecule has 4 heteroatoms. The van der Waals surface area contributed by atoms with Gasteiger partial charge in [0.25, 0.3) is 5.91 Å². The summed E-state index contributed by atoms with van der Waals surface area (Å²) in [6.45, 7) is 0.705. The molecule has 163 valence electrons. The summed E-state index contributed by atoms with van der Waals surface area (Å²) in [7, 11) is 0. The number of benzene rings is 2. The molecular weight excluding hydrogens is 384 g/mol. The summed E-state index contributed by atoms with van der Waals surface area (Å²) in [5.41, 5.74) is 3.38. The van der Waals surface area contributed by atoms with Gasteiger partial charge in [0.05, 0.1) is 11.3 Å². The predicted molar refractivity (Wildman–Crippen MR) is 128 cm³/mol. The summed E-state index contributed by atoms with van der Waals surface area (Å²) in [4.78, 5) is 28.2. The number of carbonyl (C=O) groups excluding carboxylic acids is 2. The molecule has 1 fully saturated rings. The lowest BCUT2D eigenvalue weighted by Crippen LogP contribution is -2.36. The number of nitrogens with zero attached hydrogens (tertiary/aromatic N) is 1. The fourth-order valence-electron chi connectivity index (χ4n) is 4.45. The second-order valence-corrected chi connectivity index (χ2v) is 8.07. The first-order chi connectivity index (χ1) is 14.2. The fourth-order valence-corrected chi connectivity index (χ4v) is 4.45. The molecule has 0 saturated heterocycles. The van der Waals surface area contributed by atoms with E-state index in [9.17, 15) is 9.59 Å². The van der Waals surface area contributed by atoms with E-state index >= 15 is 0 Å². The van der Waals surface area contributed by atoms with Crippen LogP contribution in [-0.4, -0.2) is 18.4 Å². The Hall–Kier alpha value is -2.62. The lowest BCUT2D eigenvalue weighted by Gasteiger charge is -2.30. The molecule has 0 aromatic heterocycles. The first-order valence-corrected chi connectivity index (χ1v) is 10.9. The fraction of sp³-hybridized carbons (Fsp3) is 0.370. The Morgan fingerprint density at radius 1 is 0.871 bits per heavy atom. The minimum absolute atomic E-state index is 0. The molecule has 0 spiro atoms. The molecule has 4 rings (SSSR count). The molecule has 5 radical (unpaired) electrons. The number of aryl methyl sites for hydroxylation is 1. The van der Waals surface area contributed by atoms with Gasteiger partial charge in [-0.15, -0.1) is 0 Å². The molecule has 2 aromatic carbocycles. The highest BCUT2D eigenvalue weighted by Crippen LogP contribution is 2.30. The Labute approximate surface area is 188 Å². The van der Waals surface area contributed by atoms with Gasteiger partial charge in [-0.25, -0.2) is 0 Å². The maximum atomic E-state index is 13.4. The van der Waals surface area contributed by atoms with E-state index < -0.39 is 0 Å². The zero-order valence-electron chi connectivity index (χ0n) is 18.3. The van der Waals surface area contributed by atoms with Crippen LogP contribution in [0.25, 0.3) is 0 Å². The quantitative estimate of drug-likeness (QED) is 0.661. The second-order valence-electron chi connectivity index (χ2n) is 8.07. The summed E-state index contributed by atoms with van der Waals surface area (Å²) in [5.74, 6) is 0.0177. The number of para-hydroxylation sites is 2. The first-order valence-electron chi connectivity index (χ1n) is 10.9. The highest BCUT2D eigenvalue weighted by molar-refractivity contribution is 6.12. The molecule has 0 bridgehead atoms. The van der Waals surface area contributed by atoms with Gasteiger partial charge in [0, 0.05) is 18.2 Å². The number of anilines is 2. The number of fused-ring (bicyclic) bond motifs is 1. The molecule has 1 saturated carbocycles. The molecule has 4 nitrogen and oxygen atoms in total. The topological polar surface area (TPSA) is 49.4 Å². The number of carbonyl (C=O) groups is 2. The summed E-state index contributed by atoms with van der Waals surface area (Å²) < 4.78 is 0. The van der Waals surface area contributed by atoms with Crippen molar-refractivity contribution in [3.05, 3.63) is 80.9 Å². The van der Waals surface area contributed by atoms with Crippen molar-refractivity contribution in [3.63, 3.8) is 0 Å². The minimum Gasteiger partial charge on any atom is -0.325 e. The van der Waals surface area contributed by atoms with Crippen molar-refractivity contribution in [1.82, 2.24) is 0 Å². The van der Waals surface area contributed by atoms with Crippen molar-refractivity contribution < 1.29 is 9.59 Å². The van der Waals surface area contributed by atoms with Crippen molar-refractivity contribution >= 4 is 23.2 Å². The van der Waals surface area contributed by atoms with E-state index in [1.54, 1.807) is 0 Å². The van der Waals surface area contributed by atoms with Gasteiger partial charge in [-0.1, -0.05) is 64.4 Å². The Morgan fingerprint density at radius 3 is 2.52 bits per heavy atom. The summed E-state index contributed by atoms with van der Waals surface area (Å²) >= 11 is 0. The Balaban J connectivity index is 0.00000171. The second kappa shape index (κ2) is 11.7. The van der Waals surface area contributed by atoms with Crippen molar-refractivity contribution in [2.75, 3.05) is 16.8 Å². The molecule has 1 aliphatic heterocycles. The summed E-state index contributed by atoms with van der Waals surface area (Å²) in [6.07, 6.45) is 10.5. The Kier molecular flexibility index (Phi) is 9.29. The van der Waals surface area contributed by atoms with E-state index in [0.29, 0.717) is 17.8 Å². The van der Waals surface area contributed by atoms with Crippen molar-refractivity contribution in [3.8, 4) is 0 Å². The summed E-state index contributed by atoms with van der Waals surface area (Å²) in [6, 6.07) is 15.5. The predicted octanol–water partition coefficient (Wildman–Crippen LogP) is 6.05. The van der Waals surface area contributed by atoms with E-state index in [0.717, 1.165) is 57.1 Å². The van der Waals surface area contributed by atoms with Crippen LogP contribution in [0.4, 0.5) is 11.4 Å².